The van der Waals surface area contributed by atoms with Crippen LogP contribution in [0.4, 0.5) is 0 Å². The first-order chi connectivity index (χ1) is 11.4. The van der Waals surface area contributed by atoms with Gasteiger partial charge in [-0.15, -0.1) is 0 Å². The summed E-state index contributed by atoms with van der Waals surface area (Å²) in [6.45, 7) is 11.6. The molecule has 130 valence electrons. The molecule has 2 aromatic heterocycles. The maximum atomic E-state index is 13.0. The molecule has 1 aliphatic heterocycles. The number of likely N-dealkylation sites (tertiary alicyclic amines) is 1. The molecule has 1 unspecified atom stereocenters. The van der Waals surface area contributed by atoms with Crippen molar-refractivity contribution in [3.8, 4) is 0 Å². The number of piperidine rings is 1. The lowest BCUT2D eigenvalue weighted by molar-refractivity contribution is 0.0702. The third-order valence-electron chi connectivity index (χ3n) is 4.85. The van der Waals surface area contributed by atoms with Gasteiger partial charge in [0.05, 0.1) is 5.56 Å². The maximum absolute atomic E-state index is 13.0. The highest BCUT2D eigenvalue weighted by atomic mass is 16.5. The fraction of sp³-hybridized carbons (Fsp3) is 0.611. The third-order valence-corrected chi connectivity index (χ3v) is 4.85. The Hall–Kier alpha value is -2.11. The standard InChI is InChI=1S/C18H26N4O2/c1-11(2)22-12(3)9-16(13(22)4)18(23)21-8-6-7-15(10-21)17-19-14(5)24-20-17/h9,11,15H,6-8,10H2,1-5H3. The summed E-state index contributed by atoms with van der Waals surface area (Å²) in [6, 6.07) is 2.36. The fourth-order valence-electron chi connectivity index (χ4n) is 3.81. The van der Waals surface area contributed by atoms with Gasteiger partial charge in [-0.3, -0.25) is 4.79 Å². The van der Waals surface area contributed by atoms with E-state index in [2.05, 4.69) is 35.5 Å². The summed E-state index contributed by atoms with van der Waals surface area (Å²) in [5.74, 6) is 1.57. The second-order valence-electron chi connectivity index (χ2n) is 7.01. The van der Waals surface area contributed by atoms with Gasteiger partial charge in [0, 0.05) is 43.4 Å². The molecule has 1 amide bonds. The molecule has 3 rings (SSSR count). The zero-order chi connectivity index (χ0) is 17.4. The molecule has 6 nitrogen and oxygen atoms in total. The summed E-state index contributed by atoms with van der Waals surface area (Å²) in [4.78, 5) is 19.3. The Morgan fingerprint density at radius 1 is 1.33 bits per heavy atom. The molecule has 0 N–H and O–H groups in total. The molecule has 0 aliphatic carbocycles. The van der Waals surface area contributed by atoms with Crippen LogP contribution in [-0.2, 0) is 0 Å². The first-order valence-electron chi connectivity index (χ1n) is 8.66. The van der Waals surface area contributed by atoms with Gasteiger partial charge in [-0.05, 0) is 46.6 Å². The van der Waals surface area contributed by atoms with Gasteiger partial charge in [-0.2, -0.15) is 4.98 Å². The minimum absolute atomic E-state index is 0.111. The smallest absolute Gasteiger partial charge is 0.255 e. The predicted molar refractivity (Wildman–Crippen MR) is 91.2 cm³/mol. The summed E-state index contributed by atoms with van der Waals surface area (Å²) in [7, 11) is 0. The molecular weight excluding hydrogens is 304 g/mol. The largest absolute Gasteiger partial charge is 0.346 e. The minimum Gasteiger partial charge on any atom is -0.346 e. The topological polar surface area (TPSA) is 64.2 Å². The van der Waals surface area contributed by atoms with Crippen molar-refractivity contribution >= 4 is 5.91 Å². The molecule has 2 aromatic rings. The van der Waals surface area contributed by atoms with Crippen molar-refractivity contribution in [1.82, 2.24) is 19.6 Å². The quantitative estimate of drug-likeness (QED) is 0.865. The van der Waals surface area contributed by atoms with E-state index in [0.717, 1.165) is 42.2 Å². The van der Waals surface area contributed by atoms with E-state index in [9.17, 15) is 4.79 Å². The van der Waals surface area contributed by atoms with E-state index in [1.54, 1.807) is 6.92 Å². The zero-order valence-electron chi connectivity index (χ0n) is 15.2. The van der Waals surface area contributed by atoms with Gasteiger partial charge >= 0.3 is 0 Å². The summed E-state index contributed by atoms with van der Waals surface area (Å²) in [5, 5.41) is 4.04. The lowest BCUT2D eigenvalue weighted by Crippen LogP contribution is -2.39. The van der Waals surface area contributed by atoms with E-state index in [-0.39, 0.29) is 11.8 Å². The van der Waals surface area contributed by atoms with E-state index in [0.29, 0.717) is 18.5 Å². The average molecular weight is 330 g/mol. The Morgan fingerprint density at radius 3 is 2.67 bits per heavy atom. The van der Waals surface area contributed by atoms with Gasteiger partial charge in [0.2, 0.25) is 5.89 Å². The molecule has 3 heterocycles. The Kier molecular flexibility index (Phi) is 4.47. The lowest BCUT2D eigenvalue weighted by atomic mass is 9.96. The van der Waals surface area contributed by atoms with Crippen LogP contribution in [0.3, 0.4) is 0 Å². The Balaban J connectivity index is 1.81. The normalized spacial score (nSPS) is 18.4. The molecule has 0 aromatic carbocycles. The number of carbonyl (C=O) groups excluding carboxylic acids is 1. The van der Waals surface area contributed by atoms with Crippen molar-refractivity contribution in [2.75, 3.05) is 13.1 Å². The van der Waals surface area contributed by atoms with Crippen molar-refractivity contribution in [2.45, 2.75) is 59.4 Å². The second-order valence-corrected chi connectivity index (χ2v) is 7.01. The maximum Gasteiger partial charge on any atom is 0.255 e. The van der Waals surface area contributed by atoms with Crippen LogP contribution in [0.1, 0.15) is 72.1 Å². The zero-order valence-corrected chi connectivity index (χ0v) is 15.2. The van der Waals surface area contributed by atoms with Crippen molar-refractivity contribution in [3.63, 3.8) is 0 Å². The van der Waals surface area contributed by atoms with Crippen LogP contribution in [0.15, 0.2) is 10.6 Å². The van der Waals surface area contributed by atoms with Gasteiger partial charge in [-0.1, -0.05) is 5.16 Å². The molecule has 1 fully saturated rings. The molecule has 24 heavy (non-hydrogen) atoms. The van der Waals surface area contributed by atoms with Crippen LogP contribution in [0, 0.1) is 20.8 Å². The third kappa shape index (κ3) is 2.97. The highest BCUT2D eigenvalue weighted by Gasteiger charge is 2.30. The number of aryl methyl sites for hydroxylation is 2. The SMILES string of the molecule is Cc1nc(C2CCCN(C(=O)c3cc(C)n(C(C)C)c3C)C2)no1. The Bertz CT molecular complexity index is 744. The van der Waals surface area contributed by atoms with Crippen LogP contribution in [0.2, 0.25) is 0 Å². The van der Waals surface area contributed by atoms with E-state index in [4.69, 9.17) is 4.52 Å². The van der Waals surface area contributed by atoms with Gasteiger partial charge in [0.15, 0.2) is 5.82 Å². The van der Waals surface area contributed by atoms with Gasteiger partial charge < -0.3 is 14.0 Å². The van der Waals surface area contributed by atoms with Gasteiger partial charge in [-0.25, -0.2) is 0 Å². The van der Waals surface area contributed by atoms with Crippen LogP contribution in [0.5, 0.6) is 0 Å². The monoisotopic (exact) mass is 330 g/mol. The van der Waals surface area contributed by atoms with Gasteiger partial charge in [0.1, 0.15) is 0 Å². The van der Waals surface area contributed by atoms with E-state index < -0.39 is 0 Å². The number of rotatable bonds is 3. The number of hydrogen-bond donors (Lipinski definition) is 0. The van der Waals surface area contributed by atoms with Crippen molar-refractivity contribution in [3.05, 3.63) is 34.7 Å². The second kappa shape index (κ2) is 6.42. The summed E-state index contributed by atoms with van der Waals surface area (Å²) in [6.07, 6.45) is 1.96. The van der Waals surface area contributed by atoms with E-state index in [1.165, 1.54) is 0 Å². The van der Waals surface area contributed by atoms with Crippen molar-refractivity contribution in [1.29, 1.82) is 0 Å². The summed E-state index contributed by atoms with van der Waals surface area (Å²) >= 11 is 0. The molecular formula is C18H26N4O2. The predicted octanol–water partition coefficient (Wildman–Crippen LogP) is 3.40. The van der Waals surface area contributed by atoms with Crippen molar-refractivity contribution < 1.29 is 9.32 Å². The molecule has 0 bridgehead atoms. The first-order valence-corrected chi connectivity index (χ1v) is 8.66. The molecule has 1 atom stereocenters. The average Bonchev–Trinajstić information content (AvgIpc) is 3.10. The lowest BCUT2D eigenvalue weighted by Gasteiger charge is -2.31. The van der Waals surface area contributed by atoms with Gasteiger partial charge in [0.25, 0.3) is 5.91 Å². The van der Waals surface area contributed by atoms with Crippen molar-refractivity contribution in [2.24, 2.45) is 0 Å². The summed E-state index contributed by atoms with van der Waals surface area (Å²) < 4.78 is 7.31. The number of carbonyl (C=O) groups is 1. The molecule has 0 radical (unpaired) electrons. The van der Waals surface area contributed by atoms with Crippen LogP contribution in [-0.4, -0.2) is 38.6 Å². The Morgan fingerprint density at radius 2 is 2.08 bits per heavy atom. The fourth-order valence-corrected chi connectivity index (χ4v) is 3.81. The summed E-state index contributed by atoms with van der Waals surface area (Å²) in [5.41, 5.74) is 2.99. The number of aromatic nitrogens is 3. The minimum atomic E-state index is 0.111. The van der Waals surface area contributed by atoms with E-state index in [1.807, 2.05) is 17.9 Å². The molecule has 0 saturated carbocycles. The van der Waals surface area contributed by atoms with E-state index >= 15 is 0 Å². The first kappa shape index (κ1) is 16.7. The van der Waals surface area contributed by atoms with Crippen LogP contribution < -0.4 is 0 Å². The highest BCUT2D eigenvalue weighted by Crippen LogP contribution is 2.28. The molecule has 6 heteroatoms. The molecule has 1 saturated heterocycles. The Labute approximate surface area is 142 Å². The van der Waals surface area contributed by atoms with Crippen LogP contribution >= 0.6 is 0 Å². The highest BCUT2D eigenvalue weighted by molar-refractivity contribution is 5.95. The number of hydrogen-bond acceptors (Lipinski definition) is 4. The number of amides is 1. The molecule has 0 spiro atoms. The molecule has 1 aliphatic rings. The number of nitrogens with zero attached hydrogens (tertiary/aromatic N) is 4. The van der Waals surface area contributed by atoms with Crippen LogP contribution in [0.25, 0.3) is 0 Å².